The van der Waals surface area contributed by atoms with Gasteiger partial charge in [0.2, 0.25) is 0 Å². The van der Waals surface area contributed by atoms with Gasteiger partial charge in [-0.25, -0.2) is 14.6 Å². The first-order valence-corrected chi connectivity index (χ1v) is 9.85. The number of carboxylic acid groups (broad SMARTS) is 1. The number of nitrogens with one attached hydrogen (secondary N) is 1. The number of aryl methyl sites for hydroxylation is 2. The van der Waals surface area contributed by atoms with Crippen LogP contribution < -0.4 is 11.2 Å². The Labute approximate surface area is 186 Å². The molecule has 2 aliphatic heterocycles. The molecule has 3 rings (SSSR count). The first kappa shape index (κ1) is 26.0. The van der Waals surface area contributed by atoms with Crippen LogP contribution in [0.1, 0.15) is 18.1 Å². The third kappa shape index (κ3) is 5.97. The molecule has 2 heterocycles. The molecule has 13 heteroatoms. The van der Waals surface area contributed by atoms with E-state index in [1.54, 1.807) is 12.1 Å². The summed E-state index contributed by atoms with van der Waals surface area (Å²) in [6, 6.07) is 3.53. The topological polar surface area (TPSA) is 219 Å². The van der Waals surface area contributed by atoms with Crippen molar-refractivity contribution in [2.75, 3.05) is 6.61 Å². The van der Waals surface area contributed by atoms with Gasteiger partial charge >= 0.3 is 11.7 Å². The normalized spacial score (nSPS) is 14.9. The number of aromatic nitrogens is 4. The lowest BCUT2D eigenvalue weighted by Crippen LogP contribution is -2.42. The second-order valence-corrected chi connectivity index (χ2v) is 7.51. The van der Waals surface area contributed by atoms with Crippen LogP contribution in [0, 0.1) is 13.8 Å². The number of nitrogens with zero attached hydrogens (tertiary/aromatic N) is 3. The predicted molar refractivity (Wildman–Crippen MR) is 115 cm³/mol. The molecule has 13 nitrogen and oxygen atoms in total. The summed E-state index contributed by atoms with van der Waals surface area (Å²) in [7, 11) is 0. The van der Waals surface area contributed by atoms with E-state index in [9.17, 15) is 29.7 Å². The molecule has 0 saturated carbocycles. The van der Waals surface area contributed by atoms with Crippen molar-refractivity contribution in [3.8, 4) is 11.5 Å². The molecule has 0 fully saturated rings. The van der Waals surface area contributed by atoms with Gasteiger partial charge in [0.05, 0.1) is 24.2 Å². The molecule has 1 unspecified atom stereocenters. The molecular formula is C20H26N4O9. The molecule has 0 aromatic heterocycles. The quantitative estimate of drug-likeness (QED) is 0.192. The van der Waals surface area contributed by atoms with E-state index < -0.39 is 48.2 Å². The van der Waals surface area contributed by atoms with Crippen LogP contribution >= 0.6 is 0 Å². The molecular weight excluding hydrogens is 440 g/mol. The van der Waals surface area contributed by atoms with Crippen molar-refractivity contribution < 1.29 is 35.4 Å². The molecule has 0 spiro atoms. The van der Waals surface area contributed by atoms with Crippen LogP contribution in [0.15, 0.2) is 21.7 Å². The number of hydrogen-bond donors (Lipinski definition) is 7. The monoisotopic (exact) mass is 466 g/mol. The lowest BCUT2D eigenvalue weighted by Gasteiger charge is -2.25. The zero-order valence-corrected chi connectivity index (χ0v) is 18.1. The van der Waals surface area contributed by atoms with Crippen molar-refractivity contribution in [3.05, 3.63) is 44.1 Å². The summed E-state index contributed by atoms with van der Waals surface area (Å²) in [6.07, 6.45) is -5.91. The van der Waals surface area contributed by atoms with E-state index in [0.717, 1.165) is 11.1 Å². The summed E-state index contributed by atoms with van der Waals surface area (Å²) < 4.78 is 1.40. The third-order valence-electron chi connectivity index (χ3n) is 4.93. The Kier molecular flexibility index (Phi) is 8.35. The lowest BCUT2D eigenvalue weighted by molar-refractivity contribution is -0.145. The molecule has 4 atom stereocenters. The SMILES string of the molecule is CC(O)C(=O)O.Cc1cc2nc3c(=O)[nH]c(=O)nc-3n(C[C@H](O)[C@H](O)[C@H](O)CO)c2cc1C. The van der Waals surface area contributed by atoms with Gasteiger partial charge in [0.15, 0.2) is 11.5 Å². The van der Waals surface area contributed by atoms with Gasteiger partial charge in [0.1, 0.15) is 24.4 Å². The average Bonchev–Trinajstić information content (AvgIpc) is 2.74. The highest BCUT2D eigenvalue weighted by Crippen LogP contribution is 2.24. The van der Waals surface area contributed by atoms with Gasteiger partial charge in [-0.15, -0.1) is 0 Å². The van der Waals surface area contributed by atoms with Gasteiger partial charge in [0.25, 0.3) is 5.56 Å². The zero-order valence-electron chi connectivity index (χ0n) is 18.1. The molecule has 1 aromatic rings. The first-order valence-electron chi connectivity index (χ1n) is 9.85. The Hall–Kier alpha value is -3.23. The Bertz CT molecular complexity index is 1220. The van der Waals surface area contributed by atoms with E-state index in [-0.39, 0.29) is 18.1 Å². The lowest BCUT2D eigenvalue weighted by atomic mass is 10.1. The van der Waals surface area contributed by atoms with Crippen LogP contribution in [0.4, 0.5) is 0 Å². The van der Waals surface area contributed by atoms with E-state index in [4.69, 9.17) is 15.3 Å². The summed E-state index contributed by atoms with van der Waals surface area (Å²) in [5.41, 5.74) is 1.11. The highest BCUT2D eigenvalue weighted by atomic mass is 16.4. The number of hydrogen-bond acceptors (Lipinski definition) is 10. The summed E-state index contributed by atoms with van der Waals surface area (Å²) >= 11 is 0. The van der Waals surface area contributed by atoms with Crippen molar-refractivity contribution in [2.24, 2.45) is 0 Å². The predicted octanol–water partition coefficient (Wildman–Crippen LogP) is -2.27. The summed E-state index contributed by atoms with van der Waals surface area (Å²) in [5, 5.41) is 54.6. The number of aliphatic hydroxyl groups excluding tert-OH is 5. The van der Waals surface area contributed by atoms with Crippen molar-refractivity contribution in [3.63, 3.8) is 0 Å². The highest BCUT2D eigenvalue weighted by Gasteiger charge is 2.27. The number of benzene rings is 1. The Morgan fingerprint density at radius 1 is 1.06 bits per heavy atom. The van der Waals surface area contributed by atoms with E-state index in [0.29, 0.717) is 11.0 Å². The van der Waals surface area contributed by atoms with Gasteiger partial charge in [0, 0.05) is 0 Å². The van der Waals surface area contributed by atoms with E-state index in [1.165, 1.54) is 11.5 Å². The molecule has 7 N–H and O–H groups in total. The van der Waals surface area contributed by atoms with E-state index in [1.807, 2.05) is 13.8 Å². The molecule has 0 bridgehead atoms. The molecule has 0 radical (unpaired) electrons. The van der Waals surface area contributed by atoms with Gasteiger partial charge in [-0.05, 0) is 44.0 Å². The molecule has 2 aliphatic rings. The van der Waals surface area contributed by atoms with Crippen molar-refractivity contribution >= 4 is 17.0 Å². The van der Waals surface area contributed by atoms with Crippen molar-refractivity contribution in [1.29, 1.82) is 0 Å². The Morgan fingerprint density at radius 2 is 1.64 bits per heavy atom. The number of aromatic amines is 1. The third-order valence-corrected chi connectivity index (χ3v) is 4.93. The molecule has 33 heavy (non-hydrogen) atoms. The number of carboxylic acids is 1. The number of H-pyrrole nitrogens is 1. The number of aliphatic carboxylic acids is 1. The average molecular weight is 466 g/mol. The number of aliphatic hydroxyl groups is 5. The van der Waals surface area contributed by atoms with Crippen LogP contribution in [-0.2, 0) is 11.3 Å². The largest absolute Gasteiger partial charge is 0.479 e. The minimum absolute atomic E-state index is 0.0516. The van der Waals surface area contributed by atoms with Gasteiger partial charge in [-0.3, -0.25) is 9.78 Å². The van der Waals surface area contributed by atoms with E-state index in [2.05, 4.69) is 15.0 Å². The van der Waals surface area contributed by atoms with Gasteiger partial charge in [-0.2, -0.15) is 4.98 Å². The summed E-state index contributed by atoms with van der Waals surface area (Å²) in [4.78, 5) is 43.4. The second kappa shape index (κ2) is 10.6. The van der Waals surface area contributed by atoms with Crippen molar-refractivity contribution in [2.45, 2.75) is 51.7 Å². The van der Waals surface area contributed by atoms with Gasteiger partial charge < -0.3 is 35.2 Å². The molecule has 0 saturated heterocycles. The van der Waals surface area contributed by atoms with Gasteiger partial charge in [-0.1, -0.05) is 0 Å². The smallest absolute Gasteiger partial charge is 0.349 e. The van der Waals surface area contributed by atoms with Crippen LogP contribution in [0.3, 0.4) is 0 Å². The Balaban J connectivity index is 0.000000569. The Morgan fingerprint density at radius 3 is 2.18 bits per heavy atom. The highest BCUT2D eigenvalue weighted by molar-refractivity contribution is 5.81. The second-order valence-electron chi connectivity index (χ2n) is 7.51. The molecule has 0 aliphatic carbocycles. The molecule has 0 amide bonds. The zero-order chi connectivity index (χ0) is 25.0. The van der Waals surface area contributed by atoms with Crippen LogP contribution in [0.2, 0.25) is 0 Å². The minimum atomic E-state index is -1.64. The fourth-order valence-corrected chi connectivity index (χ4v) is 2.89. The summed E-state index contributed by atoms with van der Waals surface area (Å²) in [6.45, 7) is 3.93. The first-order chi connectivity index (χ1) is 15.4. The maximum Gasteiger partial charge on any atom is 0.349 e. The maximum absolute atomic E-state index is 12.2. The molecule has 180 valence electrons. The minimum Gasteiger partial charge on any atom is -0.479 e. The standard InChI is InChI=1S/C17H20N4O6.C3H6O3/c1-7-3-9-10(4-8(7)2)21(5-11(23)14(25)12(24)6-22)15-13(18-9)16(26)20-17(27)19-15;1-2(4)3(5)6/h3-4,11-12,14,22-25H,5-6H2,1-2H3,(H,20,26,27);2,4H,1H3,(H,5,6)/t11-,12+,14-;/m0./s1. The van der Waals surface area contributed by atoms with E-state index >= 15 is 0 Å². The number of fused-ring (bicyclic) bond motifs is 2. The number of carbonyl (C=O) groups is 1. The van der Waals surface area contributed by atoms with Crippen molar-refractivity contribution in [1.82, 2.24) is 19.5 Å². The fourth-order valence-electron chi connectivity index (χ4n) is 2.89. The van der Waals surface area contributed by atoms with Crippen LogP contribution in [-0.4, -0.2) is 87.2 Å². The number of rotatable bonds is 6. The molecule has 1 aromatic carbocycles. The maximum atomic E-state index is 12.2. The van der Waals surface area contributed by atoms with Crippen LogP contribution in [0.25, 0.3) is 22.6 Å². The fraction of sp³-hybridized carbons (Fsp3) is 0.450. The summed E-state index contributed by atoms with van der Waals surface area (Å²) in [5.74, 6) is -1.24. The van der Waals surface area contributed by atoms with Crippen LogP contribution in [0.5, 0.6) is 0 Å².